The van der Waals surface area contributed by atoms with Gasteiger partial charge in [-0.2, -0.15) is 0 Å². The average Bonchev–Trinajstić information content (AvgIpc) is 2.23. The van der Waals surface area contributed by atoms with Crippen molar-refractivity contribution in [2.75, 3.05) is 0 Å². The van der Waals surface area contributed by atoms with Gasteiger partial charge in [0.15, 0.2) is 0 Å². The van der Waals surface area contributed by atoms with Crippen LogP contribution in [0, 0.1) is 5.82 Å². The van der Waals surface area contributed by atoms with E-state index in [1.165, 1.54) is 6.07 Å². The summed E-state index contributed by atoms with van der Waals surface area (Å²) in [5.41, 5.74) is -0.442. The van der Waals surface area contributed by atoms with E-state index in [0.29, 0.717) is 5.56 Å². The maximum atomic E-state index is 13.2. The van der Waals surface area contributed by atoms with Crippen molar-refractivity contribution in [2.24, 2.45) is 0 Å². The predicted molar refractivity (Wildman–Crippen MR) is 66.4 cm³/mol. The van der Waals surface area contributed by atoms with Gasteiger partial charge >= 0.3 is 12.1 Å². The summed E-state index contributed by atoms with van der Waals surface area (Å²) < 4.78 is 18.2. The molecule has 1 amide bonds. The molecular formula is C13H16FNO4. The summed E-state index contributed by atoms with van der Waals surface area (Å²) in [6.07, 6.45) is -0.645. The lowest BCUT2D eigenvalue weighted by Crippen LogP contribution is -2.32. The van der Waals surface area contributed by atoms with Gasteiger partial charge in [-0.15, -0.1) is 0 Å². The van der Waals surface area contributed by atoms with E-state index in [1.54, 1.807) is 20.8 Å². The van der Waals surface area contributed by atoms with Crippen molar-refractivity contribution in [3.8, 4) is 0 Å². The van der Waals surface area contributed by atoms with Crippen LogP contribution in [0.15, 0.2) is 18.2 Å². The molecule has 0 aliphatic heterocycles. The Morgan fingerprint density at radius 1 is 1.32 bits per heavy atom. The van der Waals surface area contributed by atoms with Gasteiger partial charge in [0.2, 0.25) is 0 Å². The van der Waals surface area contributed by atoms with Gasteiger partial charge in [-0.05, 0) is 44.5 Å². The van der Waals surface area contributed by atoms with Gasteiger partial charge in [0.05, 0.1) is 5.56 Å². The monoisotopic (exact) mass is 269 g/mol. The number of carboxylic acids is 1. The number of rotatable bonds is 3. The number of carbonyl (C=O) groups is 2. The van der Waals surface area contributed by atoms with E-state index < -0.39 is 23.5 Å². The molecule has 0 aromatic heterocycles. The molecule has 104 valence electrons. The molecule has 0 atom stereocenters. The Kier molecular flexibility index (Phi) is 4.47. The SMILES string of the molecule is CC(C)(C)OC(=O)NCc1cc(F)cc(C(=O)O)c1. The van der Waals surface area contributed by atoms with Gasteiger partial charge in [-0.3, -0.25) is 0 Å². The fraction of sp³-hybridized carbons (Fsp3) is 0.385. The highest BCUT2D eigenvalue weighted by molar-refractivity contribution is 5.87. The van der Waals surface area contributed by atoms with Crippen LogP contribution in [0.25, 0.3) is 0 Å². The Morgan fingerprint density at radius 2 is 1.95 bits per heavy atom. The number of alkyl carbamates (subject to hydrolysis) is 1. The molecule has 6 heteroatoms. The van der Waals surface area contributed by atoms with Gasteiger partial charge in [0.1, 0.15) is 11.4 Å². The molecule has 0 aliphatic carbocycles. The summed E-state index contributed by atoms with van der Waals surface area (Å²) in [5.74, 6) is -1.89. The number of halogens is 1. The molecule has 19 heavy (non-hydrogen) atoms. The molecule has 0 heterocycles. The highest BCUT2D eigenvalue weighted by Crippen LogP contribution is 2.10. The number of nitrogens with one attached hydrogen (secondary N) is 1. The fourth-order valence-electron chi connectivity index (χ4n) is 1.36. The van der Waals surface area contributed by atoms with E-state index >= 15 is 0 Å². The van der Waals surface area contributed by atoms with Crippen molar-refractivity contribution >= 4 is 12.1 Å². The van der Waals surface area contributed by atoms with Crippen LogP contribution in [-0.2, 0) is 11.3 Å². The Labute approximate surface area is 110 Å². The fourth-order valence-corrected chi connectivity index (χ4v) is 1.36. The van der Waals surface area contributed by atoms with Gasteiger partial charge in [0, 0.05) is 6.54 Å². The molecule has 0 saturated heterocycles. The van der Waals surface area contributed by atoms with E-state index in [-0.39, 0.29) is 12.1 Å². The molecule has 0 aliphatic rings. The number of carbonyl (C=O) groups excluding carboxylic acids is 1. The predicted octanol–water partition coefficient (Wildman–Crippen LogP) is 2.55. The van der Waals surface area contributed by atoms with Crippen molar-refractivity contribution in [1.29, 1.82) is 0 Å². The molecule has 0 fully saturated rings. The van der Waals surface area contributed by atoms with Gasteiger partial charge in [0.25, 0.3) is 0 Å². The summed E-state index contributed by atoms with van der Waals surface area (Å²) in [6.45, 7) is 5.15. The van der Waals surface area contributed by atoms with Gasteiger partial charge < -0.3 is 15.2 Å². The van der Waals surface area contributed by atoms with Crippen molar-refractivity contribution in [3.05, 3.63) is 35.1 Å². The highest BCUT2D eigenvalue weighted by atomic mass is 19.1. The first-order valence-electron chi connectivity index (χ1n) is 5.67. The second-order valence-corrected chi connectivity index (χ2v) is 5.01. The number of benzene rings is 1. The van der Waals surface area contributed by atoms with Crippen molar-refractivity contribution < 1.29 is 23.8 Å². The van der Waals surface area contributed by atoms with E-state index in [4.69, 9.17) is 9.84 Å². The molecule has 0 radical (unpaired) electrons. The molecule has 1 aromatic rings. The summed E-state index contributed by atoms with van der Waals surface area (Å²) in [6, 6.07) is 3.37. The number of hydrogen-bond acceptors (Lipinski definition) is 3. The Bertz CT molecular complexity index is 494. The number of amides is 1. The minimum Gasteiger partial charge on any atom is -0.478 e. The van der Waals surface area contributed by atoms with Crippen LogP contribution in [-0.4, -0.2) is 22.8 Å². The molecule has 1 rings (SSSR count). The highest BCUT2D eigenvalue weighted by Gasteiger charge is 2.16. The first kappa shape index (κ1) is 14.9. The zero-order valence-corrected chi connectivity index (χ0v) is 11.0. The second-order valence-electron chi connectivity index (χ2n) is 5.01. The molecule has 5 nitrogen and oxygen atoms in total. The third kappa shape index (κ3) is 5.37. The normalized spacial score (nSPS) is 10.9. The number of ether oxygens (including phenoxy) is 1. The van der Waals surface area contributed by atoms with Crippen LogP contribution >= 0.6 is 0 Å². The van der Waals surface area contributed by atoms with Crippen LogP contribution in [0.3, 0.4) is 0 Å². The minimum atomic E-state index is -1.22. The summed E-state index contributed by atoms with van der Waals surface area (Å²) in [5, 5.41) is 11.2. The number of aromatic carboxylic acids is 1. The van der Waals surface area contributed by atoms with Crippen molar-refractivity contribution in [1.82, 2.24) is 5.32 Å². The summed E-state index contributed by atoms with van der Waals surface area (Å²) >= 11 is 0. The molecule has 0 unspecified atom stereocenters. The van der Waals surface area contributed by atoms with Crippen LogP contribution in [0.1, 0.15) is 36.7 Å². The largest absolute Gasteiger partial charge is 0.478 e. The standard InChI is InChI=1S/C13H16FNO4/c1-13(2,3)19-12(18)15-7-8-4-9(11(16)17)6-10(14)5-8/h4-6H,7H2,1-3H3,(H,15,18)(H,16,17). The lowest BCUT2D eigenvalue weighted by atomic mass is 10.1. The van der Waals surface area contributed by atoms with Crippen molar-refractivity contribution in [2.45, 2.75) is 32.9 Å². The smallest absolute Gasteiger partial charge is 0.407 e. The number of carboxylic acid groups (broad SMARTS) is 1. The molecular weight excluding hydrogens is 253 g/mol. The second kappa shape index (κ2) is 5.69. The zero-order valence-electron chi connectivity index (χ0n) is 11.0. The lowest BCUT2D eigenvalue weighted by molar-refractivity contribution is 0.0523. The Balaban J connectivity index is 2.68. The zero-order chi connectivity index (χ0) is 14.6. The third-order valence-electron chi connectivity index (χ3n) is 2.04. The average molecular weight is 269 g/mol. The summed E-state index contributed by atoms with van der Waals surface area (Å²) in [4.78, 5) is 22.1. The van der Waals surface area contributed by atoms with E-state index in [9.17, 15) is 14.0 Å². The first-order chi connectivity index (χ1) is 8.67. The first-order valence-corrected chi connectivity index (χ1v) is 5.67. The Morgan fingerprint density at radius 3 is 2.47 bits per heavy atom. The molecule has 1 aromatic carbocycles. The maximum absolute atomic E-state index is 13.2. The Hall–Kier alpha value is -2.11. The van der Waals surface area contributed by atoms with Crippen LogP contribution in [0.5, 0.6) is 0 Å². The molecule has 0 saturated carbocycles. The van der Waals surface area contributed by atoms with E-state index in [0.717, 1.165) is 12.1 Å². The molecule has 0 spiro atoms. The van der Waals surface area contributed by atoms with Crippen LogP contribution < -0.4 is 5.32 Å². The number of hydrogen-bond donors (Lipinski definition) is 2. The minimum absolute atomic E-state index is 0.00699. The van der Waals surface area contributed by atoms with Gasteiger partial charge in [-0.25, -0.2) is 14.0 Å². The lowest BCUT2D eigenvalue weighted by Gasteiger charge is -2.19. The molecule has 2 N–H and O–H groups in total. The third-order valence-corrected chi connectivity index (χ3v) is 2.04. The van der Waals surface area contributed by atoms with E-state index in [1.807, 2.05) is 0 Å². The maximum Gasteiger partial charge on any atom is 0.407 e. The summed E-state index contributed by atoms with van der Waals surface area (Å²) in [7, 11) is 0. The molecule has 0 bridgehead atoms. The van der Waals surface area contributed by atoms with Crippen molar-refractivity contribution in [3.63, 3.8) is 0 Å². The van der Waals surface area contributed by atoms with Gasteiger partial charge in [-0.1, -0.05) is 0 Å². The quantitative estimate of drug-likeness (QED) is 0.884. The van der Waals surface area contributed by atoms with E-state index in [2.05, 4.69) is 5.32 Å². The topological polar surface area (TPSA) is 75.6 Å². The van der Waals surface area contributed by atoms with Crippen LogP contribution in [0.4, 0.5) is 9.18 Å². The van der Waals surface area contributed by atoms with Crippen LogP contribution in [0.2, 0.25) is 0 Å².